The quantitative estimate of drug-likeness (QED) is 0.402. The first-order chi connectivity index (χ1) is 15.8. The van der Waals surface area contributed by atoms with Crippen LogP contribution in [-0.4, -0.2) is 45.0 Å². The Morgan fingerprint density at radius 3 is 2.58 bits per heavy atom. The largest absolute Gasteiger partial charge is 0.456 e. The topological polar surface area (TPSA) is 76.8 Å². The molecule has 0 atom stereocenters. The lowest BCUT2D eigenvalue weighted by molar-refractivity contribution is -0.151. The fraction of sp³-hybridized carbons (Fsp3) is 0.280. The van der Waals surface area contributed by atoms with Gasteiger partial charge in [0.05, 0.1) is 5.52 Å². The van der Waals surface area contributed by atoms with E-state index in [1.807, 2.05) is 42.6 Å². The van der Waals surface area contributed by atoms with Crippen molar-refractivity contribution in [2.24, 2.45) is 0 Å². The molecule has 8 heteroatoms. The molecule has 1 amide bonds. The van der Waals surface area contributed by atoms with Crippen molar-refractivity contribution in [3.8, 4) is 0 Å². The minimum absolute atomic E-state index is 0.130. The lowest BCUT2D eigenvalue weighted by atomic mass is 10.1. The maximum Gasteiger partial charge on any atom is 0.306 e. The Labute approximate surface area is 190 Å². The average Bonchev–Trinajstić information content (AvgIpc) is 3.17. The maximum atomic E-state index is 13.0. The number of hydrogen-bond acceptors (Lipinski definition) is 5. The first kappa shape index (κ1) is 22.4. The smallest absolute Gasteiger partial charge is 0.306 e. The number of carbonyl (C=O) groups excluding carboxylic acids is 2. The third kappa shape index (κ3) is 4.84. The van der Waals surface area contributed by atoms with E-state index < -0.39 is 5.97 Å². The van der Waals surface area contributed by atoms with Gasteiger partial charge in [-0.3, -0.25) is 9.59 Å². The number of fused-ring (bicyclic) bond motifs is 3. The van der Waals surface area contributed by atoms with Crippen LogP contribution < -0.4 is 0 Å². The van der Waals surface area contributed by atoms with Crippen molar-refractivity contribution in [3.05, 3.63) is 76.9 Å². The standard InChI is InChI=1S/C25H25FN4O3/c1-16-20(17(2)30-25(27-16)21-6-4-5-7-22(21)28-30)12-13-24(32)33-15-23(31)29(3)14-18-8-10-19(26)11-9-18/h4-11H,12-15H2,1-3H3. The number of carbonyl (C=O) groups is 2. The summed E-state index contributed by atoms with van der Waals surface area (Å²) in [7, 11) is 1.61. The van der Waals surface area contributed by atoms with Crippen LogP contribution in [0.4, 0.5) is 4.39 Å². The Kier molecular flexibility index (Phi) is 6.35. The number of nitrogens with zero attached hydrogens (tertiary/aromatic N) is 4. The van der Waals surface area contributed by atoms with Gasteiger partial charge in [0.1, 0.15) is 5.82 Å². The summed E-state index contributed by atoms with van der Waals surface area (Å²) in [5.74, 6) is -1.11. The van der Waals surface area contributed by atoms with Gasteiger partial charge < -0.3 is 9.64 Å². The van der Waals surface area contributed by atoms with E-state index in [9.17, 15) is 14.0 Å². The molecule has 2 heterocycles. The molecule has 0 spiro atoms. The zero-order chi connectivity index (χ0) is 23.5. The average molecular weight is 448 g/mol. The van der Waals surface area contributed by atoms with Crippen molar-refractivity contribution in [2.45, 2.75) is 33.2 Å². The molecule has 7 nitrogen and oxygen atoms in total. The number of aromatic nitrogens is 3. The van der Waals surface area contributed by atoms with E-state index in [0.29, 0.717) is 13.0 Å². The lowest BCUT2D eigenvalue weighted by Gasteiger charge is -2.17. The predicted octanol–water partition coefficient (Wildman–Crippen LogP) is 3.77. The van der Waals surface area contributed by atoms with Crippen LogP contribution in [0.1, 0.15) is 28.9 Å². The molecule has 4 aromatic rings. The van der Waals surface area contributed by atoms with E-state index >= 15 is 0 Å². The molecule has 2 aromatic carbocycles. The number of esters is 1. The Balaban J connectivity index is 1.35. The summed E-state index contributed by atoms with van der Waals surface area (Å²) in [6.45, 7) is 3.85. The molecule has 0 bridgehead atoms. The lowest BCUT2D eigenvalue weighted by Crippen LogP contribution is -2.30. The summed E-state index contributed by atoms with van der Waals surface area (Å²) in [4.78, 5) is 30.7. The van der Waals surface area contributed by atoms with Crippen LogP contribution >= 0.6 is 0 Å². The Morgan fingerprint density at radius 1 is 1.09 bits per heavy atom. The second kappa shape index (κ2) is 9.36. The molecule has 170 valence electrons. The van der Waals surface area contributed by atoms with Crippen molar-refractivity contribution in [3.63, 3.8) is 0 Å². The highest BCUT2D eigenvalue weighted by molar-refractivity contribution is 5.92. The van der Waals surface area contributed by atoms with Crippen molar-refractivity contribution >= 4 is 28.4 Å². The molecule has 0 fully saturated rings. The summed E-state index contributed by atoms with van der Waals surface area (Å²) in [5.41, 5.74) is 5.16. The van der Waals surface area contributed by atoms with Gasteiger partial charge in [-0.05, 0) is 55.7 Å². The van der Waals surface area contributed by atoms with Gasteiger partial charge >= 0.3 is 5.97 Å². The van der Waals surface area contributed by atoms with Gasteiger partial charge in [0.2, 0.25) is 0 Å². The van der Waals surface area contributed by atoms with Gasteiger partial charge in [-0.15, -0.1) is 0 Å². The second-order valence-electron chi connectivity index (χ2n) is 8.05. The number of aryl methyl sites for hydroxylation is 2. The second-order valence-corrected chi connectivity index (χ2v) is 8.05. The molecule has 0 unspecified atom stereocenters. The molecule has 0 aliphatic heterocycles. The number of ether oxygens (including phenoxy) is 1. The van der Waals surface area contributed by atoms with Gasteiger partial charge in [0.25, 0.3) is 5.91 Å². The molecule has 0 radical (unpaired) electrons. The van der Waals surface area contributed by atoms with Crippen molar-refractivity contribution in [2.75, 3.05) is 13.7 Å². The van der Waals surface area contributed by atoms with E-state index in [-0.39, 0.29) is 24.8 Å². The fourth-order valence-corrected chi connectivity index (χ4v) is 3.84. The van der Waals surface area contributed by atoms with Crippen LogP contribution in [0.25, 0.3) is 16.6 Å². The van der Waals surface area contributed by atoms with E-state index in [0.717, 1.165) is 39.1 Å². The normalized spacial score (nSPS) is 11.2. The highest BCUT2D eigenvalue weighted by atomic mass is 19.1. The fourth-order valence-electron chi connectivity index (χ4n) is 3.84. The van der Waals surface area contributed by atoms with Crippen LogP contribution in [0.5, 0.6) is 0 Å². The minimum atomic E-state index is -0.456. The number of amides is 1. The molecule has 0 saturated heterocycles. The van der Waals surface area contributed by atoms with E-state index in [2.05, 4.69) is 5.10 Å². The monoisotopic (exact) mass is 448 g/mol. The molecule has 4 rings (SSSR count). The number of hydrogen-bond donors (Lipinski definition) is 0. The van der Waals surface area contributed by atoms with E-state index in [1.165, 1.54) is 17.0 Å². The zero-order valence-electron chi connectivity index (χ0n) is 18.8. The van der Waals surface area contributed by atoms with Crippen LogP contribution in [0.2, 0.25) is 0 Å². The van der Waals surface area contributed by atoms with Crippen molar-refractivity contribution < 1.29 is 18.7 Å². The first-order valence-electron chi connectivity index (χ1n) is 10.7. The Hall–Kier alpha value is -3.81. The number of rotatable bonds is 7. The summed E-state index contributed by atoms with van der Waals surface area (Å²) in [5, 5.41) is 5.61. The molecular weight excluding hydrogens is 423 g/mol. The molecule has 0 saturated carbocycles. The Bertz CT molecular complexity index is 1330. The van der Waals surface area contributed by atoms with E-state index in [1.54, 1.807) is 19.2 Å². The summed E-state index contributed by atoms with van der Waals surface area (Å²) in [6, 6.07) is 13.7. The molecular formula is C25H25FN4O3. The van der Waals surface area contributed by atoms with E-state index in [4.69, 9.17) is 9.72 Å². The molecule has 33 heavy (non-hydrogen) atoms. The number of halogens is 1. The third-order valence-corrected chi connectivity index (χ3v) is 5.71. The number of benzene rings is 2. The molecule has 0 aliphatic rings. The zero-order valence-corrected chi connectivity index (χ0v) is 18.8. The van der Waals surface area contributed by atoms with Gasteiger partial charge in [-0.1, -0.05) is 24.3 Å². The van der Waals surface area contributed by atoms with Crippen LogP contribution in [0.15, 0.2) is 48.5 Å². The van der Waals surface area contributed by atoms with Gasteiger partial charge in [-0.2, -0.15) is 5.10 Å². The highest BCUT2D eigenvalue weighted by Gasteiger charge is 2.17. The third-order valence-electron chi connectivity index (χ3n) is 5.71. The maximum absolute atomic E-state index is 13.0. The van der Waals surface area contributed by atoms with Gasteiger partial charge in [0, 0.05) is 36.8 Å². The number of likely N-dealkylation sites (N-methyl/N-ethyl adjacent to an activating group) is 1. The van der Waals surface area contributed by atoms with Crippen LogP contribution in [0.3, 0.4) is 0 Å². The van der Waals surface area contributed by atoms with Gasteiger partial charge in [0.15, 0.2) is 12.3 Å². The predicted molar refractivity (Wildman–Crippen MR) is 122 cm³/mol. The van der Waals surface area contributed by atoms with Crippen LogP contribution in [-0.2, 0) is 27.3 Å². The van der Waals surface area contributed by atoms with Crippen molar-refractivity contribution in [1.29, 1.82) is 0 Å². The van der Waals surface area contributed by atoms with Gasteiger partial charge in [-0.25, -0.2) is 13.9 Å². The summed E-state index contributed by atoms with van der Waals surface area (Å²) >= 11 is 0. The highest BCUT2D eigenvalue weighted by Crippen LogP contribution is 2.23. The molecule has 0 aliphatic carbocycles. The SMILES string of the molecule is Cc1nc2c3ccccc3nn2c(C)c1CCC(=O)OCC(=O)N(C)Cc1ccc(F)cc1. The van der Waals surface area contributed by atoms with Crippen LogP contribution in [0, 0.1) is 19.7 Å². The van der Waals surface area contributed by atoms with Crippen molar-refractivity contribution in [1.82, 2.24) is 19.5 Å². The summed E-state index contributed by atoms with van der Waals surface area (Å²) < 4.78 is 20.0. The molecule has 0 N–H and O–H groups in total. The first-order valence-corrected chi connectivity index (χ1v) is 10.7. The molecule has 2 aromatic heterocycles. The summed E-state index contributed by atoms with van der Waals surface area (Å²) in [6.07, 6.45) is 0.569. The minimum Gasteiger partial charge on any atom is -0.456 e. The Morgan fingerprint density at radius 2 is 1.82 bits per heavy atom.